The van der Waals surface area contributed by atoms with E-state index in [1.165, 1.54) is 17.0 Å². The lowest BCUT2D eigenvalue weighted by Gasteiger charge is -2.27. The van der Waals surface area contributed by atoms with Gasteiger partial charge in [0.25, 0.3) is 0 Å². The molecule has 2 aliphatic rings. The number of piperidine rings is 1. The van der Waals surface area contributed by atoms with Gasteiger partial charge in [0.2, 0.25) is 5.91 Å². The zero-order chi connectivity index (χ0) is 15.5. The van der Waals surface area contributed by atoms with E-state index in [2.05, 4.69) is 5.32 Å². The highest BCUT2D eigenvalue weighted by molar-refractivity contribution is 5.96. The van der Waals surface area contributed by atoms with Crippen LogP contribution in [0.25, 0.3) is 0 Å². The smallest absolute Gasteiger partial charge is 0.322 e. The van der Waals surface area contributed by atoms with Crippen LogP contribution < -0.4 is 10.2 Å². The highest BCUT2D eigenvalue weighted by Gasteiger charge is 2.26. The Balaban J connectivity index is 1.57. The number of rotatable bonds is 2. The molecule has 5 nitrogen and oxygen atoms in total. The third-order valence-corrected chi connectivity index (χ3v) is 4.29. The summed E-state index contributed by atoms with van der Waals surface area (Å²) in [6.45, 7) is 2.06. The molecule has 1 aromatic carbocycles. The SMILES string of the molecule is O=C(CNC(=O)N1CCc2ccc(F)cc21)N1CCCCC1. The molecule has 6 heteroatoms. The summed E-state index contributed by atoms with van der Waals surface area (Å²) in [6.07, 6.45) is 3.92. The topological polar surface area (TPSA) is 52.7 Å². The molecule has 2 heterocycles. The normalized spacial score (nSPS) is 17.3. The summed E-state index contributed by atoms with van der Waals surface area (Å²) in [7, 11) is 0. The Labute approximate surface area is 129 Å². The number of hydrogen-bond acceptors (Lipinski definition) is 2. The van der Waals surface area contributed by atoms with Gasteiger partial charge >= 0.3 is 6.03 Å². The van der Waals surface area contributed by atoms with Gasteiger partial charge in [-0.25, -0.2) is 9.18 Å². The lowest BCUT2D eigenvalue weighted by atomic mass is 10.1. The molecule has 2 aliphatic heterocycles. The lowest BCUT2D eigenvalue weighted by molar-refractivity contribution is -0.130. The molecule has 0 spiro atoms. The maximum absolute atomic E-state index is 13.3. The Morgan fingerprint density at radius 2 is 1.91 bits per heavy atom. The van der Waals surface area contributed by atoms with E-state index < -0.39 is 0 Å². The van der Waals surface area contributed by atoms with Crippen molar-refractivity contribution in [1.29, 1.82) is 0 Å². The lowest BCUT2D eigenvalue weighted by Crippen LogP contribution is -2.46. The molecule has 3 rings (SSSR count). The van der Waals surface area contributed by atoms with Crippen LogP contribution in [0.3, 0.4) is 0 Å². The number of fused-ring (bicyclic) bond motifs is 1. The van der Waals surface area contributed by atoms with Crippen molar-refractivity contribution in [3.8, 4) is 0 Å². The van der Waals surface area contributed by atoms with E-state index in [1.807, 2.05) is 0 Å². The number of carbonyl (C=O) groups excluding carboxylic acids is 2. The summed E-state index contributed by atoms with van der Waals surface area (Å²) in [5, 5.41) is 2.66. The van der Waals surface area contributed by atoms with Crippen LogP contribution in [0.5, 0.6) is 0 Å². The minimum atomic E-state index is -0.358. The largest absolute Gasteiger partial charge is 0.341 e. The van der Waals surface area contributed by atoms with Gasteiger partial charge in [0.1, 0.15) is 5.82 Å². The first-order chi connectivity index (χ1) is 10.6. The average Bonchev–Trinajstić information content (AvgIpc) is 2.96. The molecule has 0 radical (unpaired) electrons. The van der Waals surface area contributed by atoms with Crippen LogP contribution in [-0.2, 0) is 11.2 Å². The summed E-state index contributed by atoms with van der Waals surface area (Å²) >= 11 is 0. The number of halogens is 1. The van der Waals surface area contributed by atoms with Crippen molar-refractivity contribution in [1.82, 2.24) is 10.2 Å². The van der Waals surface area contributed by atoms with Gasteiger partial charge in [-0.2, -0.15) is 0 Å². The maximum atomic E-state index is 13.3. The standard InChI is InChI=1S/C16H20FN3O2/c17-13-5-4-12-6-9-20(14(12)10-13)16(22)18-11-15(21)19-7-2-1-3-8-19/h4-5,10H,1-3,6-9,11H2,(H,18,22). The molecule has 0 unspecified atom stereocenters. The summed E-state index contributed by atoms with van der Waals surface area (Å²) in [4.78, 5) is 27.6. The number of benzene rings is 1. The molecule has 0 bridgehead atoms. The van der Waals surface area contributed by atoms with Crippen LogP contribution in [0, 0.1) is 5.82 Å². The van der Waals surface area contributed by atoms with Crippen LogP contribution in [0.1, 0.15) is 24.8 Å². The molecule has 0 aromatic heterocycles. The highest BCUT2D eigenvalue weighted by Crippen LogP contribution is 2.28. The van der Waals surface area contributed by atoms with Crippen molar-refractivity contribution in [3.63, 3.8) is 0 Å². The average molecular weight is 305 g/mol. The number of nitrogens with one attached hydrogen (secondary N) is 1. The molecule has 1 aromatic rings. The van der Waals surface area contributed by atoms with E-state index in [9.17, 15) is 14.0 Å². The molecule has 1 N–H and O–H groups in total. The molecule has 1 saturated heterocycles. The first-order valence-electron chi connectivity index (χ1n) is 7.77. The van der Waals surface area contributed by atoms with Crippen molar-refractivity contribution in [2.24, 2.45) is 0 Å². The minimum Gasteiger partial charge on any atom is -0.341 e. The molecule has 22 heavy (non-hydrogen) atoms. The van der Waals surface area contributed by atoms with E-state index in [0.717, 1.165) is 37.9 Å². The second-order valence-electron chi connectivity index (χ2n) is 5.77. The predicted molar refractivity (Wildman–Crippen MR) is 81.3 cm³/mol. The highest BCUT2D eigenvalue weighted by atomic mass is 19.1. The fourth-order valence-electron chi connectivity index (χ4n) is 3.07. The first-order valence-corrected chi connectivity index (χ1v) is 7.77. The molecular formula is C16H20FN3O2. The molecule has 1 fully saturated rings. The number of carbonyl (C=O) groups is 2. The minimum absolute atomic E-state index is 0.0000175. The number of amides is 3. The van der Waals surface area contributed by atoms with Crippen LogP contribution >= 0.6 is 0 Å². The van der Waals surface area contributed by atoms with Crippen molar-refractivity contribution in [2.45, 2.75) is 25.7 Å². The van der Waals surface area contributed by atoms with E-state index in [1.54, 1.807) is 11.0 Å². The number of likely N-dealkylation sites (tertiary alicyclic amines) is 1. The summed E-state index contributed by atoms with van der Waals surface area (Å²) < 4.78 is 13.3. The van der Waals surface area contributed by atoms with Gasteiger partial charge in [0.05, 0.1) is 12.2 Å². The molecule has 118 valence electrons. The number of nitrogens with zero attached hydrogens (tertiary/aromatic N) is 2. The summed E-state index contributed by atoms with van der Waals surface area (Å²) in [5.74, 6) is -0.408. The monoisotopic (exact) mass is 305 g/mol. The van der Waals surface area contributed by atoms with Crippen LogP contribution in [0.2, 0.25) is 0 Å². The van der Waals surface area contributed by atoms with E-state index in [4.69, 9.17) is 0 Å². The zero-order valence-electron chi connectivity index (χ0n) is 12.5. The van der Waals surface area contributed by atoms with Gasteiger partial charge in [-0.3, -0.25) is 9.69 Å². The van der Waals surface area contributed by atoms with Gasteiger partial charge in [-0.15, -0.1) is 0 Å². The Bertz CT molecular complexity index is 585. The zero-order valence-corrected chi connectivity index (χ0v) is 12.5. The number of hydrogen-bond donors (Lipinski definition) is 1. The van der Waals surface area contributed by atoms with E-state index >= 15 is 0 Å². The predicted octanol–water partition coefficient (Wildman–Crippen LogP) is 1.91. The van der Waals surface area contributed by atoms with Gasteiger partial charge in [0, 0.05) is 19.6 Å². The van der Waals surface area contributed by atoms with Crippen molar-refractivity contribution in [3.05, 3.63) is 29.6 Å². The third kappa shape index (κ3) is 3.05. The second-order valence-corrected chi connectivity index (χ2v) is 5.77. The fourth-order valence-corrected chi connectivity index (χ4v) is 3.07. The molecule has 0 aliphatic carbocycles. The molecular weight excluding hydrogens is 285 g/mol. The number of urea groups is 1. The molecule has 3 amide bonds. The second kappa shape index (κ2) is 6.34. The maximum Gasteiger partial charge on any atom is 0.322 e. The first kappa shape index (κ1) is 14.8. The van der Waals surface area contributed by atoms with Gasteiger partial charge in [-0.1, -0.05) is 6.07 Å². The van der Waals surface area contributed by atoms with E-state index in [-0.39, 0.29) is 24.3 Å². The summed E-state index contributed by atoms with van der Waals surface area (Å²) in [5.41, 5.74) is 1.56. The van der Waals surface area contributed by atoms with Crippen LogP contribution in [0.15, 0.2) is 18.2 Å². The van der Waals surface area contributed by atoms with Crippen molar-refractivity contribution < 1.29 is 14.0 Å². The fraction of sp³-hybridized carbons (Fsp3) is 0.500. The Morgan fingerprint density at radius 1 is 1.14 bits per heavy atom. The van der Waals surface area contributed by atoms with Gasteiger partial charge < -0.3 is 10.2 Å². The summed E-state index contributed by atoms with van der Waals surface area (Å²) in [6, 6.07) is 4.14. The Hall–Kier alpha value is -2.11. The quantitative estimate of drug-likeness (QED) is 0.907. The third-order valence-electron chi connectivity index (χ3n) is 4.29. The molecule has 0 saturated carbocycles. The van der Waals surface area contributed by atoms with Crippen molar-refractivity contribution >= 4 is 17.6 Å². The number of anilines is 1. The van der Waals surface area contributed by atoms with Crippen molar-refractivity contribution in [2.75, 3.05) is 31.1 Å². The Morgan fingerprint density at radius 3 is 2.68 bits per heavy atom. The van der Waals surface area contributed by atoms with Gasteiger partial charge in [-0.05, 0) is 43.4 Å². The van der Waals surface area contributed by atoms with Gasteiger partial charge in [0.15, 0.2) is 0 Å². The molecule has 0 atom stereocenters. The van der Waals surface area contributed by atoms with Crippen LogP contribution in [-0.4, -0.2) is 43.0 Å². The van der Waals surface area contributed by atoms with Crippen LogP contribution in [0.4, 0.5) is 14.9 Å². The Kier molecular flexibility index (Phi) is 4.27. The van der Waals surface area contributed by atoms with E-state index in [0.29, 0.717) is 18.7 Å².